The van der Waals surface area contributed by atoms with Gasteiger partial charge in [0.1, 0.15) is 0 Å². The van der Waals surface area contributed by atoms with E-state index in [2.05, 4.69) is 10.4 Å². The number of thiocarbonyl (C=S) groups is 1. The van der Waals surface area contributed by atoms with Gasteiger partial charge in [-0.25, -0.2) is 5.01 Å². The van der Waals surface area contributed by atoms with Crippen LogP contribution in [-0.2, 0) is 9.59 Å². The second-order valence-corrected chi connectivity index (χ2v) is 7.42. The van der Waals surface area contributed by atoms with Crippen LogP contribution in [0.1, 0.15) is 5.56 Å². The molecule has 3 aromatic rings. The smallest absolute Gasteiger partial charge is 0.251 e. The largest absolute Gasteiger partial charge is 0.301 e. The van der Waals surface area contributed by atoms with Gasteiger partial charge in [0.2, 0.25) is 5.91 Å². The second-order valence-electron chi connectivity index (χ2n) is 7.03. The van der Waals surface area contributed by atoms with Crippen LogP contribution in [0.3, 0.4) is 0 Å². The number of aryl methyl sites for hydroxylation is 1. The lowest BCUT2D eigenvalue weighted by Gasteiger charge is -2.31. The molecular weight excluding hydrogens is 408 g/mol. The van der Waals surface area contributed by atoms with Gasteiger partial charge in [0.05, 0.1) is 17.1 Å². The molecule has 1 heterocycles. The zero-order valence-corrected chi connectivity index (χ0v) is 17.6. The summed E-state index contributed by atoms with van der Waals surface area (Å²) in [5.74, 6) is -2.05. The molecule has 1 fully saturated rings. The molecule has 6 nitrogen and oxygen atoms in total. The number of hydrogen-bond acceptors (Lipinski definition) is 5. The average Bonchev–Trinajstić information content (AvgIpc) is 2.78. The van der Waals surface area contributed by atoms with Crippen molar-refractivity contribution in [3.8, 4) is 0 Å². The van der Waals surface area contributed by atoms with Gasteiger partial charge in [-0.1, -0.05) is 54.1 Å². The molecule has 0 bridgehead atoms. The lowest BCUT2D eigenvalue weighted by atomic mass is 10.1. The molecule has 154 valence electrons. The third kappa shape index (κ3) is 4.36. The fourth-order valence-electron chi connectivity index (χ4n) is 3.21. The van der Waals surface area contributed by atoms with Gasteiger partial charge in [0.25, 0.3) is 5.91 Å². The Morgan fingerprint density at radius 3 is 2.00 bits per heavy atom. The Bertz CT molecular complexity index is 1090. The van der Waals surface area contributed by atoms with Gasteiger partial charge in [-0.3, -0.25) is 14.5 Å². The Morgan fingerprint density at radius 2 is 1.45 bits per heavy atom. The van der Waals surface area contributed by atoms with Crippen LogP contribution in [0, 0.1) is 12.8 Å². The molecule has 0 aliphatic carbocycles. The van der Waals surface area contributed by atoms with E-state index in [-0.39, 0.29) is 5.11 Å². The number of anilines is 3. The summed E-state index contributed by atoms with van der Waals surface area (Å²) >= 11 is 5.26. The average molecular weight is 429 g/mol. The molecule has 4 rings (SSSR count). The molecule has 31 heavy (non-hydrogen) atoms. The number of nitrogens with one attached hydrogen (secondary N) is 1. The van der Waals surface area contributed by atoms with E-state index in [0.29, 0.717) is 5.69 Å². The highest BCUT2D eigenvalue weighted by atomic mass is 32.1. The van der Waals surface area contributed by atoms with Crippen LogP contribution in [0.25, 0.3) is 0 Å². The summed E-state index contributed by atoms with van der Waals surface area (Å²) in [5, 5.41) is 8.87. The number of benzene rings is 3. The zero-order valence-electron chi connectivity index (χ0n) is 16.8. The van der Waals surface area contributed by atoms with Crippen LogP contribution in [0.5, 0.6) is 0 Å². The van der Waals surface area contributed by atoms with Crippen molar-refractivity contribution < 1.29 is 9.59 Å². The number of carbonyl (C=O) groups is 2. The summed E-state index contributed by atoms with van der Waals surface area (Å²) in [5.41, 5.74) is 3.27. The number of amides is 2. The molecule has 0 aromatic heterocycles. The molecule has 3 aromatic carbocycles. The van der Waals surface area contributed by atoms with E-state index in [1.807, 2.05) is 79.7 Å². The van der Waals surface area contributed by atoms with Crippen molar-refractivity contribution in [1.29, 1.82) is 0 Å². The van der Waals surface area contributed by atoms with Crippen molar-refractivity contribution in [2.45, 2.75) is 6.92 Å². The van der Waals surface area contributed by atoms with E-state index < -0.39 is 17.7 Å². The second kappa shape index (κ2) is 8.89. The van der Waals surface area contributed by atoms with E-state index in [9.17, 15) is 9.59 Å². The van der Waals surface area contributed by atoms with Gasteiger partial charge in [-0.05, 0) is 55.5 Å². The van der Waals surface area contributed by atoms with E-state index in [1.165, 1.54) is 11.1 Å². The number of para-hydroxylation sites is 2. The maximum Gasteiger partial charge on any atom is 0.251 e. The van der Waals surface area contributed by atoms with Crippen LogP contribution in [0.15, 0.2) is 90.0 Å². The first kappa shape index (κ1) is 20.4. The quantitative estimate of drug-likeness (QED) is 0.287. The number of nitrogens with zero attached hydrogens (tertiary/aromatic N) is 3. The molecular formula is C24H20N4O2S. The highest BCUT2D eigenvalue weighted by Gasteiger charge is 2.38. The minimum absolute atomic E-state index is 0.0616. The Labute approximate surface area is 185 Å². The zero-order chi connectivity index (χ0) is 21.8. The fourth-order valence-corrected chi connectivity index (χ4v) is 3.51. The van der Waals surface area contributed by atoms with Crippen molar-refractivity contribution >= 4 is 52.4 Å². The molecule has 0 saturated carbocycles. The number of hydrazone groups is 1. The van der Waals surface area contributed by atoms with Crippen LogP contribution in [0.4, 0.5) is 17.1 Å². The number of hydrogen-bond donors (Lipinski definition) is 1. The van der Waals surface area contributed by atoms with Crippen molar-refractivity contribution in [3.63, 3.8) is 0 Å². The molecule has 1 saturated heterocycles. The summed E-state index contributed by atoms with van der Waals surface area (Å²) in [7, 11) is 0. The monoisotopic (exact) mass is 428 g/mol. The molecule has 1 aliphatic rings. The Balaban J connectivity index is 1.66. The van der Waals surface area contributed by atoms with E-state index >= 15 is 0 Å². The lowest BCUT2D eigenvalue weighted by molar-refractivity contribution is -0.130. The number of carbonyl (C=O) groups excluding carboxylic acids is 2. The summed E-state index contributed by atoms with van der Waals surface area (Å²) in [6, 6.07) is 26.4. The lowest BCUT2D eigenvalue weighted by Crippen LogP contribution is -2.58. The van der Waals surface area contributed by atoms with Crippen LogP contribution in [-0.4, -0.2) is 23.1 Å². The Kier molecular flexibility index (Phi) is 5.86. The topological polar surface area (TPSA) is 65.0 Å². The highest BCUT2D eigenvalue weighted by molar-refractivity contribution is 7.80. The molecule has 1 N–H and O–H groups in total. The highest BCUT2D eigenvalue weighted by Crippen LogP contribution is 2.26. The summed E-state index contributed by atoms with van der Waals surface area (Å²) in [4.78, 5) is 27.1. The predicted molar refractivity (Wildman–Crippen MR) is 126 cm³/mol. The van der Waals surface area contributed by atoms with Gasteiger partial charge in [0, 0.05) is 6.21 Å². The summed E-state index contributed by atoms with van der Waals surface area (Å²) in [6.45, 7) is 1.96. The van der Waals surface area contributed by atoms with Crippen molar-refractivity contribution in [3.05, 3.63) is 90.5 Å². The van der Waals surface area contributed by atoms with Crippen molar-refractivity contribution in [2.24, 2.45) is 11.0 Å². The van der Waals surface area contributed by atoms with Gasteiger partial charge in [-0.2, -0.15) is 5.10 Å². The minimum atomic E-state index is -1.11. The normalized spacial score (nSPS) is 16.5. The molecule has 0 radical (unpaired) electrons. The Morgan fingerprint density at radius 1 is 0.903 bits per heavy atom. The first-order valence-corrected chi connectivity index (χ1v) is 10.2. The first-order chi connectivity index (χ1) is 15.0. The summed E-state index contributed by atoms with van der Waals surface area (Å²) < 4.78 is 0. The van der Waals surface area contributed by atoms with E-state index in [4.69, 9.17) is 12.2 Å². The minimum Gasteiger partial charge on any atom is -0.301 e. The predicted octanol–water partition coefficient (Wildman–Crippen LogP) is 4.18. The maximum atomic E-state index is 13.2. The van der Waals surface area contributed by atoms with Gasteiger partial charge >= 0.3 is 0 Å². The van der Waals surface area contributed by atoms with E-state index in [0.717, 1.165) is 16.9 Å². The van der Waals surface area contributed by atoms with Crippen LogP contribution < -0.4 is 15.2 Å². The molecule has 7 heteroatoms. The molecule has 1 atom stereocenters. The van der Waals surface area contributed by atoms with Crippen molar-refractivity contribution in [1.82, 2.24) is 5.32 Å². The molecule has 1 aliphatic heterocycles. The SMILES string of the molecule is Cc1ccc(N2C(=O)[C@H](/C=N/N(c3ccccc3)c3ccccc3)C(=O)NC2=S)cc1. The standard InChI is InChI=1S/C24H20N4O2S/c1-17-12-14-18(15-13-17)27-23(30)21(22(29)26-24(27)31)16-25-28(19-8-4-2-5-9-19)20-10-6-3-7-11-20/h2-16,21H,1H3,(H,26,29,31)/b25-16+/t21-/m1/s1. The van der Waals surface area contributed by atoms with E-state index in [1.54, 1.807) is 17.1 Å². The van der Waals surface area contributed by atoms with Gasteiger partial charge in [0.15, 0.2) is 11.0 Å². The van der Waals surface area contributed by atoms with Gasteiger partial charge < -0.3 is 5.32 Å². The summed E-state index contributed by atoms with van der Waals surface area (Å²) in [6.07, 6.45) is 1.36. The van der Waals surface area contributed by atoms with Crippen molar-refractivity contribution in [2.75, 3.05) is 9.91 Å². The molecule has 2 amide bonds. The fraction of sp³-hybridized carbons (Fsp3) is 0.0833. The van der Waals surface area contributed by atoms with Crippen LogP contribution in [0.2, 0.25) is 0 Å². The molecule has 0 spiro atoms. The maximum absolute atomic E-state index is 13.2. The third-order valence-electron chi connectivity index (χ3n) is 4.83. The number of rotatable bonds is 5. The third-order valence-corrected chi connectivity index (χ3v) is 5.11. The first-order valence-electron chi connectivity index (χ1n) is 9.74. The molecule has 0 unspecified atom stereocenters. The van der Waals surface area contributed by atoms with Crippen LogP contribution >= 0.6 is 12.2 Å². The Hall–Kier alpha value is -3.84. The van der Waals surface area contributed by atoms with Gasteiger partial charge in [-0.15, -0.1) is 0 Å².